The summed E-state index contributed by atoms with van der Waals surface area (Å²) >= 11 is 0. The number of unbranched alkanes of at least 4 members (excludes halogenated alkanes) is 39. The van der Waals surface area contributed by atoms with Crippen molar-refractivity contribution in [1.82, 2.24) is 0 Å². The normalized spacial score (nSPS) is 12.0. The predicted octanol–water partition coefficient (Wildman–Crippen LogP) is 18.6. The van der Waals surface area contributed by atoms with Crippen LogP contribution < -0.4 is 0 Å². The molecular weight excluding hydrogens is 781 g/mol. The van der Waals surface area contributed by atoms with Crippen LogP contribution in [0, 0.1) is 5.92 Å². The first-order chi connectivity index (χ1) is 30.9. The summed E-state index contributed by atoms with van der Waals surface area (Å²) in [6.45, 7) is 9.05. The van der Waals surface area contributed by atoms with E-state index in [0.717, 1.165) is 63.7 Å². The molecule has 0 aliphatic rings. The van der Waals surface area contributed by atoms with Gasteiger partial charge in [-0.3, -0.25) is 14.4 Å². The van der Waals surface area contributed by atoms with Gasteiger partial charge in [0.25, 0.3) is 0 Å². The SMILES string of the molecule is CCCCCCCCCCCCCCCCCC(=O)OC[C@@H](COC(=O)CCCCCCCCCCC)OC(=O)CCCCCCCCCCCCCCCCCCCCC(C)C. The number of hydrogen-bond donors (Lipinski definition) is 0. The summed E-state index contributed by atoms with van der Waals surface area (Å²) in [7, 11) is 0. The van der Waals surface area contributed by atoms with E-state index in [1.54, 1.807) is 0 Å². The average Bonchev–Trinajstić information content (AvgIpc) is 3.27. The molecule has 0 heterocycles. The number of ether oxygens (including phenoxy) is 3. The summed E-state index contributed by atoms with van der Waals surface area (Å²) in [6.07, 6.45) is 55.3. The smallest absolute Gasteiger partial charge is 0.306 e. The topological polar surface area (TPSA) is 78.9 Å². The fraction of sp³-hybridized carbons (Fsp3) is 0.947. The molecule has 1 atom stereocenters. The molecule has 0 unspecified atom stereocenters. The molecule has 6 nitrogen and oxygen atoms in total. The average molecular weight is 892 g/mol. The summed E-state index contributed by atoms with van der Waals surface area (Å²) in [5, 5.41) is 0. The van der Waals surface area contributed by atoms with Gasteiger partial charge >= 0.3 is 17.9 Å². The lowest BCUT2D eigenvalue weighted by molar-refractivity contribution is -0.167. The van der Waals surface area contributed by atoms with Gasteiger partial charge in [-0.25, -0.2) is 0 Å². The number of hydrogen-bond acceptors (Lipinski definition) is 6. The third kappa shape index (κ3) is 51.3. The van der Waals surface area contributed by atoms with E-state index < -0.39 is 6.10 Å². The molecule has 0 radical (unpaired) electrons. The Hall–Kier alpha value is -1.59. The Morgan fingerprint density at radius 2 is 0.524 bits per heavy atom. The van der Waals surface area contributed by atoms with Gasteiger partial charge in [0.15, 0.2) is 6.10 Å². The zero-order valence-electron chi connectivity index (χ0n) is 43.0. The summed E-state index contributed by atoms with van der Waals surface area (Å²) in [5.74, 6) is 0.0182. The zero-order valence-corrected chi connectivity index (χ0v) is 43.0. The first-order valence-corrected chi connectivity index (χ1v) is 28.4. The number of rotatable bonds is 52. The lowest BCUT2D eigenvalue weighted by atomic mass is 10.0. The van der Waals surface area contributed by atoms with Gasteiger partial charge in [0.1, 0.15) is 13.2 Å². The van der Waals surface area contributed by atoms with E-state index in [0.29, 0.717) is 19.3 Å². The van der Waals surface area contributed by atoms with E-state index >= 15 is 0 Å². The molecule has 0 N–H and O–H groups in total. The van der Waals surface area contributed by atoms with Crippen molar-refractivity contribution in [2.75, 3.05) is 13.2 Å². The number of carbonyl (C=O) groups excluding carboxylic acids is 3. The third-order valence-corrected chi connectivity index (χ3v) is 13.0. The molecule has 0 amide bonds. The van der Waals surface area contributed by atoms with Gasteiger partial charge in [-0.2, -0.15) is 0 Å². The van der Waals surface area contributed by atoms with Crippen LogP contribution in [-0.4, -0.2) is 37.2 Å². The quantitative estimate of drug-likeness (QED) is 0.0344. The van der Waals surface area contributed by atoms with Crippen LogP contribution in [0.15, 0.2) is 0 Å². The minimum Gasteiger partial charge on any atom is -0.462 e. The van der Waals surface area contributed by atoms with E-state index in [2.05, 4.69) is 27.7 Å². The van der Waals surface area contributed by atoms with Crippen LogP contribution in [0.1, 0.15) is 323 Å². The van der Waals surface area contributed by atoms with E-state index in [-0.39, 0.29) is 31.1 Å². The molecule has 0 fully saturated rings. The Morgan fingerprint density at radius 3 is 0.778 bits per heavy atom. The van der Waals surface area contributed by atoms with Crippen LogP contribution in [0.25, 0.3) is 0 Å². The van der Waals surface area contributed by atoms with E-state index in [4.69, 9.17) is 14.2 Å². The highest BCUT2D eigenvalue weighted by Gasteiger charge is 2.19. The van der Waals surface area contributed by atoms with Crippen LogP contribution >= 0.6 is 0 Å². The molecular formula is C57H110O6. The first-order valence-electron chi connectivity index (χ1n) is 28.4. The van der Waals surface area contributed by atoms with Crippen LogP contribution in [0.5, 0.6) is 0 Å². The molecule has 0 aromatic heterocycles. The van der Waals surface area contributed by atoms with Gasteiger partial charge in [-0.1, -0.05) is 285 Å². The van der Waals surface area contributed by atoms with E-state index in [1.807, 2.05) is 0 Å². The molecule has 374 valence electrons. The maximum Gasteiger partial charge on any atom is 0.306 e. The van der Waals surface area contributed by atoms with E-state index in [9.17, 15) is 14.4 Å². The van der Waals surface area contributed by atoms with Crippen LogP contribution in [-0.2, 0) is 28.6 Å². The van der Waals surface area contributed by atoms with Gasteiger partial charge in [0.05, 0.1) is 0 Å². The van der Waals surface area contributed by atoms with Gasteiger partial charge < -0.3 is 14.2 Å². The lowest BCUT2D eigenvalue weighted by Gasteiger charge is -2.18. The molecule has 0 aliphatic carbocycles. The van der Waals surface area contributed by atoms with Crippen molar-refractivity contribution >= 4 is 17.9 Å². The molecule has 0 bridgehead atoms. The fourth-order valence-corrected chi connectivity index (χ4v) is 8.75. The summed E-state index contributed by atoms with van der Waals surface area (Å²) in [6, 6.07) is 0. The maximum atomic E-state index is 12.8. The minimum absolute atomic E-state index is 0.0621. The molecule has 0 rings (SSSR count). The largest absolute Gasteiger partial charge is 0.462 e. The molecule has 0 aromatic rings. The Morgan fingerprint density at radius 1 is 0.302 bits per heavy atom. The van der Waals surface area contributed by atoms with Gasteiger partial charge in [-0.15, -0.1) is 0 Å². The molecule has 0 aromatic carbocycles. The maximum absolute atomic E-state index is 12.8. The second kappa shape index (κ2) is 51.4. The van der Waals surface area contributed by atoms with Crippen molar-refractivity contribution in [3.8, 4) is 0 Å². The minimum atomic E-state index is -0.760. The lowest BCUT2D eigenvalue weighted by Crippen LogP contribution is -2.30. The Balaban J connectivity index is 4.19. The van der Waals surface area contributed by atoms with E-state index in [1.165, 1.54) is 218 Å². The van der Waals surface area contributed by atoms with Gasteiger partial charge in [0, 0.05) is 19.3 Å². The Labute approximate surface area is 393 Å². The standard InChI is InChI=1S/C57H110O6/c1-5-7-9-11-13-15-16-17-22-26-29-33-37-41-45-49-56(59)62-52-54(51-61-55(58)48-44-40-36-31-14-12-10-8-6-2)63-57(60)50-46-42-38-34-30-27-24-21-19-18-20-23-25-28-32-35-39-43-47-53(3)4/h53-54H,5-52H2,1-4H3/t54-/m1/s1. The highest BCUT2D eigenvalue weighted by atomic mass is 16.6. The monoisotopic (exact) mass is 891 g/mol. The van der Waals surface area contributed by atoms with Crippen molar-refractivity contribution in [3.63, 3.8) is 0 Å². The van der Waals surface area contributed by atoms with Crippen LogP contribution in [0.4, 0.5) is 0 Å². The van der Waals surface area contributed by atoms with Crippen molar-refractivity contribution in [1.29, 1.82) is 0 Å². The summed E-state index contributed by atoms with van der Waals surface area (Å²) in [4.78, 5) is 38.0. The van der Waals surface area contributed by atoms with Crippen molar-refractivity contribution in [2.24, 2.45) is 5.92 Å². The molecule has 63 heavy (non-hydrogen) atoms. The predicted molar refractivity (Wildman–Crippen MR) is 270 cm³/mol. The number of carbonyl (C=O) groups is 3. The Bertz CT molecular complexity index is 949. The second-order valence-electron chi connectivity index (χ2n) is 20.1. The van der Waals surface area contributed by atoms with Crippen molar-refractivity contribution < 1.29 is 28.6 Å². The summed E-state index contributed by atoms with van der Waals surface area (Å²) < 4.78 is 16.8. The van der Waals surface area contributed by atoms with Gasteiger partial charge in [0.2, 0.25) is 0 Å². The third-order valence-electron chi connectivity index (χ3n) is 13.0. The number of esters is 3. The molecule has 0 spiro atoms. The highest BCUT2D eigenvalue weighted by Crippen LogP contribution is 2.18. The summed E-state index contributed by atoms with van der Waals surface area (Å²) in [5.41, 5.74) is 0. The second-order valence-corrected chi connectivity index (χ2v) is 20.1. The Kier molecular flexibility index (Phi) is 50.1. The molecule has 0 saturated carbocycles. The fourth-order valence-electron chi connectivity index (χ4n) is 8.75. The molecule has 6 heteroatoms. The van der Waals surface area contributed by atoms with Crippen LogP contribution in [0.3, 0.4) is 0 Å². The van der Waals surface area contributed by atoms with Gasteiger partial charge in [-0.05, 0) is 25.2 Å². The van der Waals surface area contributed by atoms with Crippen LogP contribution in [0.2, 0.25) is 0 Å². The molecule has 0 saturated heterocycles. The zero-order chi connectivity index (χ0) is 45.9. The molecule has 0 aliphatic heterocycles. The van der Waals surface area contributed by atoms with Crippen molar-refractivity contribution in [2.45, 2.75) is 329 Å². The highest BCUT2D eigenvalue weighted by molar-refractivity contribution is 5.71. The first kappa shape index (κ1) is 61.4. The van der Waals surface area contributed by atoms with Crippen molar-refractivity contribution in [3.05, 3.63) is 0 Å².